The number of aliphatic hydroxyl groups is 1. The van der Waals surface area contributed by atoms with Crippen molar-refractivity contribution >= 4 is 12.2 Å². The summed E-state index contributed by atoms with van der Waals surface area (Å²) < 4.78 is 14.2. The van der Waals surface area contributed by atoms with Gasteiger partial charge >= 0.3 is 0 Å². The molecule has 4 nitrogen and oxygen atoms in total. The van der Waals surface area contributed by atoms with Crippen molar-refractivity contribution in [3.63, 3.8) is 0 Å². The van der Waals surface area contributed by atoms with Gasteiger partial charge < -0.3 is 14.6 Å². The van der Waals surface area contributed by atoms with Crippen LogP contribution in [0.2, 0.25) is 0 Å². The average molecular weight is 433 g/mol. The Morgan fingerprint density at radius 3 is 1.97 bits per heavy atom. The smallest absolute Gasteiger partial charge is 0.184 e. The fraction of sp³-hybridized carbons (Fsp3) is 0.519. The van der Waals surface area contributed by atoms with Crippen molar-refractivity contribution < 1.29 is 19.1 Å². The number of aliphatic hydroxyl groups excluding tert-OH is 1. The summed E-state index contributed by atoms with van der Waals surface area (Å²) in [6.45, 7) is 3.94. The summed E-state index contributed by atoms with van der Waals surface area (Å²) in [5.41, 5.74) is 3.32. The topological polar surface area (TPSA) is 42.6 Å². The third-order valence-electron chi connectivity index (χ3n) is 4.90. The lowest BCUT2D eigenvalue weighted by Crippen LogP contribution is -2.35. The maximum atomic E-state index is 9.70. The highest BCUT2D eigenvalue weighted by Crippen LogP contribution is 2.33. The molecule has 0 radical (unpaired) electrons. The fourth-order valence-corrected chi connectivity index (χ4v) is 3.32. The highest BCUT2D eigenvalue weighted by atomic mass is 16.7. The zero-order chi connectivity index (χ0) is 19.2. The largest absolute Gasteiger partial charge is 0.393 e. The molecule has 4 heteroatoms. The minimum Gasteiger partial charge on any atom is -0.393 e. The number of rotatable bonds is 6. The predicted octanol–water partition coefficient (Wildman–Crippen LogP) is 6.58. The van der Waals surface area contributed by atoms with Crippen molar-refractivity contribution in [2.45, 2.75) is 87.4 Å². The van der Waals surface area contributed by atoms with Crippen LogP contribution in [0, 0.1) is 0 Å². The molecule has 0 spiro atoms. The molecule has 2 aromatic rings. The summed E-state index contributed by atoms with van der Waals surface area (Å²) in [6, 6.07) is 12.5. The minimum absolute atomic E-state index is 0. The third-order valence-corrected chi connectivity index (χ3v) is 4.90. The lowest BCUT2D eigenvalue weighted by molar-refractivity contribution is -0.671. The van der Waals surface area contributed by atoms with Crippen molar-refractivity contribution in [3.05, 3.63) is 65.5 Å². The van der Waals surface area contributed by atoms with Gasteiger partial charge in [0.25, 0.3) is 0 Å². The van der Waals surface area contributed by atoms with Gasteiger partial charge in [-0.2, -0.15) is 0 Å². The first-order valence-corrected chi connectivity index (χ1v) is 9.76. The quantitative estimate of drug-likeness (QED) is 0.524. The zero-order valence-electron chi connectivity index (χ0n) is 16.4. The van der Waals surface area contributed by atoms with Crippen LogP contribution in [0.3, 0.4) is 0 Å². The van der Waals surface area contributed by atoms with Crippen LogP contribution in [-0.2, 0) is 16.5 Å². The number of benzene rings is 1. The van der Waals surface area contributed by atoms with Gasteiger partial charge in [0.2, 0.25) is 0 Å². The second kappa shape index (κ2) is 14.9. The van der Waals surface area contributed by atoms with E-state index in [4.69, 9.17) is 9.47 Å². The highest BCUT2D eigenvalue weighted by Gasteiger charge is 2.30. The molecule has 4 unspecified atom stereocenters. The molecule has 0 aliphatic carbocycles. The van der Waals surface area contributed by atoms with Gasteiger partial charge in [0.15, 0.2) is 18.7 Å². The first-order chi connectivity index (χ1) is 13.0. The molecule has 1 aromatic carbocycles. The van der Waals surface area contributed by atoms with Gasteiger partial charge in [-0.1, -0.05) is 73.0 Å². The molecule has 1 aromatic heterocycles. The molecule has 1 N–H and O–H groups in total. The van der Waals surface area contributed by atoms with Crippen molar-refractivity contribution in [1.29, 1.82) is 0 Å². The highest BCUT2D eigenvalue weighted by molar-refractivity contribution is 5.69. The minimum atomic E-state index is -0.362. The molecule has 1 fully saturated rings. The van der Waals surface area contributed by atoms with E-state index >= 15 is 0 Å². The van der Waals surface area contributed by atoms with Gasteiger partial charge in [-0.3, -0.25) is 0 Å². The molecule has 1 aliphatic heterocycles. The van der Waals surface area contributed by atoms with Crippen LogP contribution in [0.4, 0.5) is 0 Å². The molecule has 176 valence electrons. The summed E-state index contributed by atoms with van der Waals surface area (Å²) in [4.78, 5) is 0. The van der Waals surface area contributed by atoms with E-state index in [1.807, 2.05) is 30.9 Å². The Bertz CT molecular complexity index is 738. The van der Waals surface area contributed by atoms with Gasteiger partial charge in [-0.05, 0) is 30.9 Å². The van der Waals surface area contributed by atoms with Crippen LogP contribution in [0.5, 0.6) is 0 Å². The van der Waals surface area contributed by atoms with Gasteiger partial charge in [-0.15, -0.1) is 0 Å². The molecule has 0 amide bonds. The van der Waals surface area contributed by atoms with E-state index in [9.17, 15) is 5.11 Å². The maximum Gasteiger partial charge on any atom is 0.184 e. The van der Waals surface area contributed by atoms with Crippen LogP contribution in [0.15, 0.2) is 48.8 Å². The second-order valence-corrected chi connectivity index (χ2v) is 7.37. The number of ether oxygens (including phenoxy) is 2. The Balaban J connectivity index is 0. The molecule has 0 bridgehead atoms. The number of hydrogen-bond acceptors (Lipinski definition) is 3. The van der Waals surface area contributed by atoms with E-state index in [0.717, 1.165) is 24.0 Å². The van der Waals surface area contributed by atoms with Crippen LogP contribution in [0.25, 0.3) is 12.2 Å². The monoisotopic (exact) mass is 432 g/mol. The van der Waals surface area contributed by atoms with Crippen LogP contribution in [-0.4, -0.2) is 23.4 Å². The Labute approximate surface area is 191 Å². The summed E-state index contributed by atoms with van der Waals surface area (Å²) in [7, 11) is 2.01. The lowest BCUT2D eigenvalue weighted by atomic mass is 10.0. The lowest BCUT2D eigenvalue weighted by Gasteiger charge is -2.36. The molecule has 1 saturated heterocycles. The fourth-order valence-electron chi connectivity index (χ4n) is 3.32. The number of hydrogen-bond donors (Lipinski definition) is 1. The average Bonchev–Trinajstić information content (AvgIpc) is 2.67. The van der Waals surface area contributed by atoms with Crippen molar-refractivity contribution in [1.82, 2.24) is 0 Å². The van der Waals surface area contributed by atoms with Gasteiger partial charge in [0.1, 0.15) is 7.05 Å². The standard InChI is InChI=1S/C23H30NO3.4CH4/c1-4-21-16-22(15-17(2)25)27-23(26-21)20-9-7-18(8-10-20)5-6-19-11-13-24(3)14-12-19;;;;/h5-14,17,21-23,25H,4,15-16H2,1-3H3;4*1H4/q+1;;;;/b6-5-;;;;. The second-order valence-electron chi connectivity index (χ2n) is 7.37. The molecule has 3 rings (SSSR count). The SMILES string of the molecule is C.C.C.C.CCC1CC(CC(C)O)OC(c2ccc(/C=C\c3cc[n+](C)cc3)cc2)O1. The summed E-state index contributed by atoms with van der Waals surface area (Å²) in [5.74, 6) is 0. The number of pyridine rings is 1. The summed E-state index contributed by atoms with van der Waals surface area (Å²) in [6.07, 6.45) is 10.2. The summed E-state index contributed by atoms with van der Waals surface area (Å²) >= 11 is 0. The molecule has 2 heterocycles. The van der Waals surface area contributed by atoms with Gasteiger partial charge in [-0.25, -0.2) is 4.57 Å². The predicted molar refractivity (Wildman–Crippen MR) is 134 cm³/mol. The Morgan fingerprint density at radius 2 is 1.45 bits per heavy atom. The van der Waals surface area contributed by atoms with E-state index in [1.165, 1.54) is 5.56 Å². The summed E-state index contributed by atoms with van der Waals surface area (Å²) in [5, 5.41) is 9.70. The van der Waals surface area contributed by atoms with Crippen LogP contribution < -0.4 is 4.57 Å². The first kappa shape index (κ1) is 31.2. The number of nitrogens with zero attached hydrogens (tertiary/aromatic N) is 1. The molecular weight excluding hydrogens is 386 g/mol. The molecular formula is C27H46NO3+. The normalized spacial score (nSPS) is 21.1. The Morgan fingerprint density at radius 1 is 0.935 bits per heavy atom. The number of aryl methyl sites for hydroxylation is 1. The molecule has 31 heavy (non-hydrogen) atoms. The van der Waals surface area contributed by atoms with Crippen molar-refractivity contribution in [2.24, 2.45) is 7.05 Å². The van der Waals surface area contributed by atoms with E-state index < -0.39 is 0 Å². The third kappa shape index (κ3) is 9.34. The van der Waals surface area contributed by atoms with Crippen LogP contribution >= 0.6 is 0 Å². The van der Waals surface area contributed by atoms with Gasteiger partial charge in [0, 0.05) is 24.1 Å². The Kier molecular flexibility index (Phi) is 15.0. The first-order valence-electron chi connectivity index (χ1n) is 9.76. The Hall–Kier alpha value is -2.01. The number of aromatic nitrogens is 1. The maximum absolute atomic E-state index is 9.70. The van der Waals surface area contributed by atoms with Crippen LogP contribution in [0.1, 0.15) is 85.8 Å². The molecule has 4 atom stereocenters. The molecule has 1 aliphatic rings. The van der Waals surface area contributed by atoms with Crippen molar-refractivity contribution in [2.75, 3.05) is 0 Å². The van der Waals surface area contributed by atoms with E-state index in [0.29, 0.717) is 6.42 Å². The van der Waals surface area contributed by atoms with E-state index in [-0.39, 0.29) is 54.3 Å². The molecule has 0 saturated carbocycles. The zero-order valence-corrected chi connectivity index (χ0v) is 16.4. The van der Waals surface area contributed by atoms with Gasteiger partial charge in [0.05, 0.1) is 18.3 Å². The van der Waals surface area contributed by atoms with Crippen molar-refractivity contribution in [3.8, 4) is 0 Å². The van der Waals surface area contributed by atoms with E-state index in [1.54, 1.807) is 0 Å². The van der Waals surface area contributed by atoms with E-state index in [2.05, 4.69) is 55.5 Å².